The van der Waals surface area contributed by atoms with E-state index in [2.05, 4.69) is 43.6 Å². The molecule has 28 heavy (non-hydrogen) atoms. The molecule has 154 valence electrons. The molecular weight excluding hydrogens is 354 g/mol. The maximum Gasteiger partial charge on any atom is 0.146 e. The van der Waals surface area contributed by atoms with Gasteiger partial charge in [0.1, 0.15) is 11.6 Å². The molecule has 0 aromatic carbocycles. The van der Waals surface area contributed by atoms with Gasteiger partial charge in [-0.3, -0.25) is 14.5 Å². The maximum absolute atomic E-state index is 9.70. The third-order valence-corrected chi connectivity index (χ3v) is 6.52. The van der Waals surface area contributed by atoms with Crippen LogP contribution < -0.4 is 0 Å². The molecule has 2 fully saturated rings. The molecule has 0 unspecified atom stereocenters. The van der Waals surface area contributed by atoms with Gasteiger partial charge in [0.2, 0.25) is 0 Å². The highest BCUT2D eigenvalue weighted by atomic mass is 16.3. The van der Waals surface area contributed by atoms with E-state index in [1.54, 1.807) is 0 Å². The van der Waals surface area contributed by atoms with Gasteiger partial charge >= 0.3 is 0 Å². The standard InChI is InChI=1S/C20H33N7O/c1-15-17(11-21-25(15)3)13-27-8-4-5-16(12-27)20-23-22-19(24(20)2)14-26-9-6-18(28)7-10-26/h11,16,18,28H,4-10,12-14H2,1-3H3/t16-/m0/s1. The van der Waals surface area contributed by atoms with Gasteiger partial charge in [0.15, 0.2) is 0 Å². The van der Waals surface area contributed by atoms with Crippen LogP contribution in [-0.2, 0) is 27.2 Å². The van der Waals surface area contributed by atoms with E-state index in [1.807, 2.05) is 17.9 Å². The fourth-order valence-corrected chi connectivity index (χ4v) is 4.50. The molecule has 0 aliphatic carbocycles. The summed E-state index contributed by atoms with van der Waals surface area (Å²) in [6.45, 7) is 7.94. The van der Waals surface area contributed by atoms with Crippen molar-refractivity contribution in [1.29, 1.82) is 0 Å². The van der Waals surface area contributed by atoms with Crippen LogP contribution in [0.2, 0.25) is 0 Å². The first-order chi connectivity index (χ1) is 13.5. The molecule has 0 spiro atoms. The van der Waals surface area contributed by atoms with Gasteiger partial charge in [-0.25, -0.2) is 0 Å². The smallest absolute Gasteiger partial charge is 0.146 e. The SMILES string of the molecule is Cc1c(CN2CCC[C@H](c3nnc(CN4CCC(O)CC4)n3C)C2)cnn1C. The lowest BCUT2D eigenvalue weighted by Crippen LogP contribution is -2.36. The number of hydrogen-bond donors (Lipinski definition) is 1. The first-order valence-electron chi connectivity index (χ1n) is 10.5. The van der Waals surface area contributed by atoms with Gasteiger partial charge in [0.05, 0.1) is 18.8 Å². The normalized spacial score (nSPS) is 22.8. The summed E-state index contributed by atoms with van der Waals surface area (Å²) < 4.78 is 4.15. The molecule has 8 heteroatoms. The van der Waals surface area contributed by atoms with E-state index in [0.717, 1.165) is 63.8 Å². The lowest BCUT2D eigenvalue weighted by Gasteiger charge is -2.32. The third-order valence-electron chi connectivity index (χ3n) is 6.52. The van der Waals surface area contributed by atoms with Gasteiger partial charge in [-0.1, -0.05) is 0 Å². The van der Waals surface area contributed by atoms with Gasteiger partial charge in [-0.2, -0.15) is 5.10 Å². The second kappa shape index (κ2) is 8.31. The van der Waals surface area contributed by atoms with Crippen molar-refractivity contribution in [2.45, 2.75) is 57.7 Å². The highest BCUT2D eigenvalue weighted by Crippen LogP contribution is 2.27. The van der Waals surface area contributed by atoms with Crippen molar-refractivity contribution in [3.63, 3.8) is 0 Å². The topological polar surface area (TPSA) is 75.2 Å². The number of aromatic nitrogens is 5. The monoisotopic (exact) mass is 387 g/mol. The molecule has 0 radical (unpaired) electrons. The molecule has 0 amide bonds. The Morgan fingerprint density at radius 3 is 2.54 bits per heavy atom. The summed E-state index contributed by atoms with van der Waals surface area (Å²) in [7, 11) is 4.11. The van der Waals surface area contributed by atoms with E-state index in [9.17, 15) is 5.11 Å². The predicted molar refractivity (Wildman–Crippen MR) is 107 cm³/mol. The Labute approximate surface area is 167 Å². The van der Waals surface area contributed by atoms with Crippen LogP contribution in [-0.4, -0.2) is 71.7 Å². The van der Waals surface area contributed by atoms with Crippen LogP contribution in [0.25, 0.3) is 0 Å². The molecule has 1 N–H and O–H groups in total. The lowest BCUT2D eigenvalue weighted by atomic mass is 9.96. The number of rotatable bonds is 5. The molecule has 4 heterocycles. The van der Waals surface area contributed by atoms with Crippen LogP contribution in [0, 0.1) is 6.92 Å². The molecule has 2 aliphatic rings. The number of hydrogen-bond acceptors (Lipinski definition) is 6. The molecule has 1 atom stereocenters. The number of likely N-dealkylation sites (tertiary alicyclic amines) is 2. The number of nitrogens with zero attached hydrogens (tertiary/aromatic N) is 7. The largest absolute Gasteiger partial charge is 0.393 e. The zero-order valence-electron chi connectivity index (χ0n) is 17.4. The number of aliphatic hydroxyl groups is 1. The molecule has 0 bridgehead atoms. The molecule has 2 aromatic heterocycles. The van der Waals surface area contributed by atoms with Crippen molar-refractivity contribution in [3.05, 3.63) is 29.1 Å². The van der Waals surface area contributed by atoms with Crippen LogP contribution in [0.4, 0.5) is 0 Å². The number of aliphatic hydroxyl groups excluding tert-OH is 1. The van der Waals surface area contributed by atoms with Crippen LogP contribution in [0.5, 0.6) is 0 Å². The highest BCUT2D eigenvalue weighted by molar-refractivity contribution is 5.16. The van der Waals surface area contributed by atoms with Crippen LogP contribution in [0.1, 0.15) is 54.5 Å². The van der Waals surface area contributed by atoms with Crippen molar-refractivity contribution in [3.8, 4) is 0 Å². The van der Waals surface area contributed by atoms with Gasteiger partial charge in [0, 0.05) is 57.4 Å². The van der Waals surface area contributed by atoms with Crippen LogP contribution >= 0.6 is 0 Å². The van der Waals surface area contributed by atoms with E-state index >= 15 is 0 Å². The second-order valence-electron chi connectivity index (χ2n) is 8.49. The summed E-state index contributed by atoms with van der Waals surface area (Å²) in [6, 6.07) is 0. The predicted octanol–water partition coefficient (Wildman–Crippen LogP) is 1.19. The molecule has 8 nitrogen and oxygen atoms in total. The van der Waals surface area contributed by atoms with E-state index in [4.69, 9.17) is 0 Å². The Balaban J connectivity index is 1.39. The van der Waals surface area contributed by atoms with E-state index in [-0.39, 0.29) is 6.10 Å². The summed E-state index contributed by atoms with van der Waals surface area (Å²) in [6.07, 6.45) is 5.93. The Kier molecular flexibility index (Phi) is 5.80. The molecular formula is C20H33N7O. The minimum Gasteiger partial charge on any atom is -0.393 e. The molecule has 2 aliphatic heterocycles. The minimum absolute atomic E-state index is 0.136. The van der Waals surface area contributed by atoms with Crippen molar-refractivity contribution in [2.75, 3.05) is 26.2 Å². The Bertz CT molecular complexity index is 791. The number of piperidine rings is 2. The fourth-order valence-electron chi connectivity index (χ4n) is 4.50. The minimum atomic E-state index is -0.136. The lowest BCUT2D eigenvalue weighted by molar-refractivity contribution is 0.0775. The molecule has 2 aromatic rings. The van der Waals surface area contributed by atoms with Crippen molar-refractivity contribution in [1.82, 2.24) is 34.3 Å². The Hall–Kier alpha value is -1.77. The molecule has 0 saturated carbocycles. The summed E-state index contributed by atoms with van der Waals surface area (Å²) in [4.78, 5) is 4.90. The van der Waals surface area contributed by atoms with Crippen LogP contribution in [0.15, 0.2) is 6.20 Å². The van der Waals surface area contributed by atoms with Gasteiger partial charge < -0.3 is 9.67 Å². The average molecular weight is 388 g/mol. The third kappa shape index (κ3) is 4.14. The van der Waals surface area contributed by atoms with Gasteiger partial charge in [0.25, 0.3) is 0 Å². The summed E-state index contributed by atoms with van der Waals surface area (Å²) in [5, 5.41) is 23.2. The van der Waals surface area contributed by atoms with Gasteiger partial charge in [-0.05, 0) is 39.2 Å². The van der Waals surface area contributed by atoms with Crippen molar-refractivity contribution >= 4 is 0 Å². The first kappa shape index (κ1) is 19.5. The second-order valence-corrected chi connectivity index (χ2v) is 8.49. The maximum atomic E-state index is 9.70. The molecule has 4 rings (SSSR count). The highest BCUT2D eigenvalue weighted by Gasteiger charge is 2.27. The average Bonchev–Trinajstić information content (AvgIpc) is 3.21. The van der Waals surface area contributed by atoms with Crippen molar-refractivity contribution < 1.29 is 5.11 Å². The fraction of sp³-hybridized carbons (Fsp3) is 0.750. The van der Waals surface area contributed by atoms with E-state index in [0.29, 0.717) is 5.92 Å². The molecule has 2 saturated heterocycles. The zero-order chi connectivity index (χ0) is 19.7. The Morgan fingerprint density at radius 2 is 1.82 bits per heavy atom. The van der Waals surface area contributed by atoms with Gasteiger partial charge in [-0.15, -0.1) is 10.2 Å². The quantitative estimate of drug-likeness (QED) is 0.831. The summed E-state index contributed by atoms with van der Waals surface area (Å²) in [5.74, 6) is 2.58. The zero-order valence-corrected chi connectivity index (χ0v) is 17.4. The summed E-state index contributed by atoms with van der Waals surface area (Å²) >= 11 is 0. The van der Waals surface area contributed by atoms with Crippen molar-refractivity contribution in [2.24, 2.45) is 14.1 Å². The summed E-state index contributed by atoms with van der Waals surface area (Å²) in [5.41, 5.74) is 2.56. The first-order valence-corrected chi connectivity index (χ1v) is 10.5. The van der Waals surface area contributed by atoms with E-state index in [1.165, 1.54) is 24.1 Å². The van der Waals surface area contributed by atoms with Crippen LogP contribution in [0.3, 0.4) is 0 Å². The number of aryl methyl sites for hydroxylation is 1. The Morgan fingerprint density at radius 1 is 1.04 bits per heavy atom. The van der Waals surface area contributed by atoms with E-state index < -0.39 is 0 Å².